The molecular formula is C10H15NO. The van der Waals surface area contributed by atoms with Gasteiger partial charge in [0.1, 0.15) is 0 Å². The van der Waals surface area contributed by atoms with Gasteiger partial charge in [-0.05, 0) is 13.8 Å². The maximum atomic E-state index is 11.1. The van der Waals surface area contributed by atoms with E-state index in [0.717, 1.165) is 13.1 Å². The van der Waals surface area contributed by atoms with Crippen LogP contribution in [0.25, 0.3) is 0 Å². The maximum Gasteiger partial charge on any atom is 0.219 e. The van der Waals surface area contributed by atoms with Crippen LogP contribution in [0, 0.1) is 23.7 Å². The molecule has 66 valence electrons. The van der Waals surface area contributed by atoms with E-state index in [1.165, 1.54) is 0 Å². The fourth-order valence-electron chi connectivity index (χ4n) is 1.37. The summed E-state index contributed by atoms with van der Waals surface area (Å²) >= 11 is 0. The number of rotatable bonds is 0. The SMILES string of the molecule is CC(=O)N1CC(C)C#CC(C)C1. The summed E-state index contributed by atoms with van der Waals surface area (Å²) in [6.45, 7) is 7.30. The normalized spacial score (nSPS) is 28.8. The minimum atomic E-state index is 0.152. The fourth-order valence-corrected chi connectivity index (χ4v) is 1.37. The van der Waals surface area contributed by atoms with Crippen LogP contribution in [0.5, 0.6) is 0 Å². The van der Waals surface area contributed by atoms with Crippen LogP contribution < -0.4 is 0 Å². The summed E-state index contributed by atoms with van der Waals surface area (Å²) < 4.78 is 0. The van der Waals surface area contributed by atoms with Gasteiger partial charge in [-0.1, -0.05) is 11.8 Å². The second-order valence-corrected chi connectivity index (χ2v) is 3.51. The lowest BCUT2D eigenvalue weighted by Gasteiger charge is -2.21. The average molecular weight is 165 g/mol. The van der Waals surface area contributed by atoms with Gasteiger partial charge in [0, 0.05) is 31.8 Å². The number of nitrogens with zero attached hydrogens (tertiary/aromatic N) is 1. The number of carbonyl (C=O) groups is 1. The van der Waals surface area contributed by atoms with Crippen molar-refractivity contribution in [3.63, 3.8) is 0 Å². The first-order valence-corrected chi connectivity index (χ1v) is 4.36. The van der Waals surface area contributed by atoms with Crippen LogP contribution in [0.2, 0.25) is 0 Å². The van der Waals surface area contributed by atoms with E-state index in [1.807, 2.05) is 4.90 Å². The second kappa shape index (κ2) is 3.62. The lowest BCUT2D eigenvalue weighted by molar-refractivity contribution is -0.129. The van der Waals surface area contributed by atoms with Crippen molar-refractivity contribution in [1.29, 1.82) is 0 Å². The Morgan fingerprint density at radius 3 is 2.00 bits per heavy atom. The molecule has 12 heavy (non-hydrogen) atoms. The molecular weight excluding hydrogens is 150 g/mol. The zero-order valence-corrected chi connectivity index (χ0v) is 7.92. The molecule has 0 radical (unpaired) electrons. The first kappa shape index (κ1) is 9.12. The van der Waals surface area contributed by atoms with E-state index in [4.69, 9.17) is 0 Å². The Bertz CT molecular complexity index is 220. The van der Waals surface area contributed by atoms with Crippen molar-refractivity contribution < 1.29 is 4.79 Å². The van der Waals surface area contributed by atoms with Crippen LogP contribution in [0.15, 0.2) is 0 Å². The van der Waals surface area contributed by atoms with Crippen molar-refractivity contribution in [3.05, 3.63) is 0 Å². The summed E-state index contributed by atoms with van der Waals surface area (Å²) in [5, 5.41) is 0. The third-order valence-corrected chi connectivity index (χ3v) is 2.01. The van der Waals surface area contributed by atoms with E-state index in [0.29, 0.717) is 11.8 Å². The van der Waals surface area contributed by atoms with Crippen LogP contribution in [0.1, 0.15) is 20.8 Å². The molecule has 1 amide bonds. The second-order valence-electron chi connectivity index (χ2n) is 3.51. The van der Waals surface area contributed by atoms with Crippen LogP contribution in [0.4, 0.5) is 0 Å². The summed E-state index contributed by atoms with van der Waals surface area (Å²) in [5.41, 5.74) is 0. The van der Waals surface area contributed by atoms with Crippen molar-refractivity contribution in [2.45, 2.75) is 20.8 Å². The third kappa shape index (κ3) is 2.27. The quantitative estimate of drug-likeness (QED) is 0.493. The highest BCUT2D eigenvalue weighted by molar-refractivity contribution is 5.73. The van der Waals surface area contributed by atoms with Gasteiger partial charge in [-0.2, -0.15) is 0 Å². The molecule has 0 fully saturated rings. The molecule has 0 aliphatic carbocycles. The van der Waals surface area contributed by atoms with E-state index in [1.54, 1.807) is 6.92 Å². The van der Waals surface area contributed by atoms with Gasteiger partial charge < -0.3 is 4.90 Å². The third-order valence-electron chi connectivity index (χ3n) is 2.01. The zero-order valence-electron chi connectivity index (χ0n) is 7.92. The standard InChI is InChI=1S/C10H15NO/c1-8-4-5-9(2)7-11(6-8)10(3)12/h8-9H,6-7H2,1-3H3. The largest absolute Gasteiger partial charge is 0.340 e. The molecule has 1 aliphatic heterocycles. The first-order valence-electron chi connectivity index (χ1n) is 4.36. The van der Waals surface area contributed by atoms with Crippen molar-refractivity contribution in [3.8, 4) is 11.8 Å². The van der Waals surface area contributed by atoms with E-state index in [2.05, 4.69) is 25.7 Å². The number of carbonyl (C=O) groups excluding carboxylic acids is 1. The molecule has 0 aromatic rings. The molecule has 0 aromatic heterocycles. The predicted octanol–water partition coefficient (Wildman–Crippen LogP) is 1.12. The van der Waals surface area contributed by atoms with Gasteiger partial charge in [0.15, 0.2) is 0 Å². The van der Waals surface area contributed by atoms with E-state index in [9.17, 15) is 4.79 Å². The molecule has 1 rings (SSSR count). The Kier molecular flexibility index (Phi) is 2.75. The summed E-state index contributed by atoms with van der Waals surface area (Å²) in [5.74, 6) is 7.06. The Hall–Kier alpha value is -0.970. The fraction of sp³-hybridized carbons (Fsp3) is 0.700. The first-order chi connectivity index (χ1) is 5.59. The highest BCUT2D eigenvalue weighted by atomic mass is 16.2. The Morgan fingerprint density at radius 1 is 1.25 bits per heavy atom. The molecule has 0 bridgehead atoms. The summed E-state index contributed by atoms with van der Waals surface area (Å²) in [6, 6.07) is 0. The number of hydrogen-bond donors (Lipinski definition) is 0. The molecule has 0 N–H and O–H groups in total. The van der Waals surface area contributed by atoms with Crippen molar-refractivity contribution in [1.82, 2.24) is 4.90 Å². The molecule has 2 unspecified atom stereocenters. The smallest absolute Gasteiger partial charge is 0.219 e. The van der Waals surface area contributed by atoms with E-state index < -0.39 is 0 Å². The molecule has 2 heteroatoms. The van der Waals surface area contributed by atoms with E-state index >= 15 is 0 Å². The van der Waals surface area contributed by atoms with Gasteiger partial charge in [0.25, 0.3) is 0 Å². The molecule has 0 spiro atoms. The monoisotopic (exact) mass is 165 g/mol. The average Bonchev–Trinajstić information content (AvgIpc) is 2.13. The molecule has 0 saturated heterocycles. The summed E-state index contributed by atoms with van der Waals surface area (Å²) in [7, 11) is 0. The highest BCUT2D eigenvalue weighted by Gasteiger charge is 2.16. The molecule has 2 atom stereocenters. The van der Waals surface area contributed by atoms with Crippen LogP contribution in [-0.2, 0) is 4.79 Å². The van der Waals surface area contributed by atoms with Crippen LogP contribution in [0.3, 0.4) is 0 Å². The van der Waals surface area contributed by atoms with Gasteiger partial charge >= 0.3 is 0 Å². The summed E-state index contributed by atoms with van der Waals surface area (Å²) in [6.07, 6.45) is 0. The topological polar surface area (TPSA) is 20.3 Å². The van der Waals surface area contributed by atoms with Crippen molar-refractivity contribution in [2.24, 2.45) is 11.8 Å². The number of hydrogen-bond acceptors (Lipinski definition) is 1. The lowest BCUT2D eigenvalue weighted by atomic mass is 10.2. The predicted molar refractivity (Wildman–Crippen MR) is 48.4 cm³/mol. The molecule has 0 aromatic carbocycles. The minimum absolute atomic E-state index is 0.152. The molecule has 1 aliphatic rings. The van der Waals surface area contributed by atoms with E-state index in [-0.39, 0.29) is 5.91 Å². The van der Waals surface area contributed by atoms with Gasteiger partial charge in [-0.25, -0.2) is 0 Å². The molecule has 2 nitrogen and oxygen atoms in total. The van der Waals surface area contributed by atoms with Gasteiger partial charge in [-0.15, -0.1) is 0 Å². The van der Waals surface area contributed by atoms with Crippen molar-refractivity contribution in [2.75, 3.05) is 13.1 Å². The molecule has 1 heterocycles. The maximum absolute atomic E-state index is 11.1. The molecule has 0 saturated carbocycles. The lowest BCUT2D eigenvalue weighted by Crippen LogP contribution is -2.34. The highest BCUT2D eigenvalue weighted by Crippen LogP contribution is 2.08. The Morgan fingerprint density at radius 2 is 1.67 bits per heavy atom. The Labute approximate surface area is 73.9 Å². The zero-order chi connectivity index (χ0) is 9.14. The van der Waals surface area contributed by atoms with Crippen molar-refractivity contribution >= 4 is 5.91 Å². The van der Waals surface area contributed by atoms with Gasteiger partial charge in [0.2, 0.25) is 5.91 Å². The van der Waals surface area contributed by atoms with Gasteiger partial charge in [0.05, 0.1) is 0 Å². The van der Waals surface area contributed by atoms with Crippen LogP contribution in [-0.4, -0.2) is 23.9 Å². The Balaban J connectivity index is 2.66. The van der Waals surface area contributed by atoms with Gasteiger partial charge in [-0.3, -0.25) is 4.79 Å². The minimum Gasteiger partial charge on any atom is -0.340 e. The van der Waals surface area contributed by atoms with Crippen LogP contribution >= 0.6 is 0 Å². The number of amides is 1. The summed E-state index contributed by atoms with van der Waals surface area (Å²) in [4.78, 5) is 13.0.